The zero-order valence-corrected chi connectivity index (χ0v) is 11.8. The smallest absolute Gasteiger partial charge is 0.0810 e. The molecule has 3 heteroatoms. The summed E-state index contributed by atoms with van der Waals surface area (Å²) in [4.78, 5) is 0. The van der Waals surface area contributed by atoms with Crippen molar-refractivity contribution in [1.82, 2.24) is 5.43 Å². The van der Waals surface area contributed by atoms with Crippen molar-refractivity contribution in [3.63, 3.8) is 0 Å². The van der Waals surface area contributed by atoms with Crippen LogP contribution in [0.4, 0.5) is 0 Å². The van der Waals surface area contributed by atoms with Crippen LogP contribution in [0, 0.1) is 5.92 Å². The zero-order chi connectivity index (χ0) is 13.5. The van der Waals surface area contributed by atoms with E-state index in [0.717, 1.165) is 6.61 Å². The molecule has 0 aliphatic heterocycles. The molecular formula is C16H26N2O. The van der Waals surface area contributed by atoms with E-state index in [1.54, 1.807) is 0 Å². The molecule has 3 nitrogen and oxygen atoms in total. The lowest BCUT2D eigenvalue weighted by molar-refractivity contribution is -0.0184. The molecule has 106 valence electrons. The van der Waals surface area contributed by atoms with Gasteiger partial charge in [-0.05, 0) is 31.2 Å². The first kappa shape index (κ1) is 14.5. The lowest BCUT2D eigenvalue weighted by atomic mass is 9.81. The summed E-state index contributed by atoms with van der Waals surface area (Å²) in [5, 5.41) is 0. The van der Waals surface area contributed by atoms with Crippen LogP contribution in [0.25, 0.3) is 0 Å². The number of hydrogen-bond acceptors (Lipinski definition) is 3. The first-order chi connectivity index (χ1) is 9.36. The molecule has 0 saturated heterocycles. The molecule has 1 aromatic carbocycles. The van der Waals surface area contributed by atoms with Crippen molar-refractivity contribution < 1.29 is 4.74 Å². The topological polar surface area (TPSA) is 47.3 Å². The maximum atomic E-state index is 6.05. The van der Waals surface area contributed by atoms with Crippen LogP contribution in [-0.4, -0.2) is 12.7 Å². The molecule has 1 aliphatic carbocycles. The van der Waals surface area contributed by atoms with Gasteiger partial charge in [0.25, 0.3) is 0 Å². The van der Waals surface area contributed by atoms with Gasteiger partial charge in [-0.15, -0.1) is 0 Å². The summed E-state index contributed by atoms with van der Waals surface area (Å²) in [6.45, 7) is 2.81. The van der Waals surface area contributed by atoms with Gasteiger partial charge in [-0.25, -0.2) is 0 Å². The number of benzene rings is 1. The number of hydrogen-bond donors (Lipinski definition) is 2. The van der Waals surface area contributed by atoms with Gasteiger partial charge in [0.2, 0.25) is 0 Å². The predicted octanol–water partition coefficient (Wildman–Crippen LogP) is 3.18. The van der Waals surface area contributed by atoms with Crippen LogP contribution in [0.1, 0.15) is 50.6 Å². The molecule has 0 bridgehead atoms. The van der Waals surface area contributed by atoms with Crippen LogP contribution in [0.5, 0.6) is 0 Å². The largest absolute Gasteiger partial charge is 0.376 e. The van der Waals surface area contributed by atoms with Gasteiger partial charge in [-0.2, -0.15) is 0 Å². The van der Waals surface area contributed by atoms with Crippen molar-refractivity contribution in [3.05, 3.63) is 35.9 Å². The fourth-order valence-corrected chi connectivity index (χ4v) is 3.20. The Morgan fingerprint density at radius 1 is 1.21 bits per heavy atom. The molecule has 0 amide bonds. The Morgan fingerprint density at radius 3 is 2.47 bits per heavy atom. The van der Waals surface area contributed by atoms with Gasteiger partial charge in [0.1, 0.15) is 0 Å². The average molecular weight is 262 g/mol. The van der Waals surface area contributed by atoms with Gasteiger partial charge < -0.3 is 4.74 Å². The van der Waals surface area contributed by atoms with Crippen LogP contribution in [0.15, 0.2) is 30.3 Å². The highest BCUT2D eigenvalue weighted by molar-refractivity contribution is 5.20. The summed E-state index contributed by atoms with van der Waals surface area (Å²) in [7, 11) is 0. The maximum Gasteiger partial charge on any atom is 0.0810 e. The van der Waals surface area contributed by atoms with Gasteiger partial charge in [0, 0.05) is 6.61 Å². The monoisotopic (exact) mass is 262 g/mol. The zero-order valence-electron chi connectivity index (χ0n) is 11.8. The predicted molar refractivity (Wildman–Crippen MR) is 78.5 cm³/mol. The van der Waals surface area contributed by atoms with E-state index in [2.05, 4.69) is 36.6 Å². The second-order valence-corrected chi connectivity index (χ2v) is 5.37. The lowest BCUT2D eigenvalue weighted by Gasteiger charge is -2.35. The van der Waals surface area contributed by atoms with E-state index >= 15 is 0 Å². The maximum absolute atomic E-state index is 6.05. The van der Waals surface area contributed by atoms with Gasteiger partial charge >= 0.3 is 0 Å². The highest BCUT2D eigenvalue weighted by Crippen LogP contribution is 2.34. The van der Waals surface area contributed by atoms with E-state index in [1.165, 1.54) is 37.7 Å². The SMILES string of the molecule is CCOC(C1CCCCC1)C(NN)c1ccccc1. The normalized spacial score (nSPS) is 20.1. The summed E-state index contributed by atoms with van der Waals surface area (Å²) in [6, 6.07) is 10.5. The summed E-state index contributed by atoms with van der Waals surface area (Å²) >= 11 is 0. The Morgan fingerprint density at radius 2 is 1.89 bits per heavy atom. The van der Waals surface area contributed by atoms with Gasteiger partial charge in [0.15, 0.2) is 0 Å². The second-order valence-electron chi connectivity index (χ2n) is 5.37. The van der Waals surface area contributed by atoms with Gasteiger partial charge in [-0.3, -0.25) is 11.3 Å². The van der Waals surface area contributed by atoms with Crippen LogP contribution in [-0.2, 0) is 4.74 Å². The first-order valence-electron chi connectivity index (χ1n) is 7.49. The fourth-order valence-electron chi connectivity index (χ4n) is 3.20. The number of ether oxygens (including phenoxy) is 1. The number of nitrogens with one attached hydrogen (secondary N) is 1. The average Bonchev–Trinajstić information content (AvgIpc) is 2.49. The summed E-state index contributed by atoms with van der Waals surface area (Å²) in [6.07, 6.45) is 6.70. The van der Waals surface area contributed by atoms with Crippen molar-refractivity contribution in [1.29, 1.82) is 0 Å². The number of rotatable bonds is 6. The van der Waals surface area contributed by atoms with E-state index in [0.29, 0.717) is 5.92 Å². The first-order valence-corrected chi connectivity index (χ1v) is 7.49. The number of hydrazine groups is 1. The van der Waals surface area contributed by atoms with Crippen molar-refractivity contribution in [2.45, 2.75) is 51.2 Å². The third-order valence-electron chi connectivity index (χ3n) is 4.14. The minimum absolute atomic E-state index is 0.0873. The van der Waals surface area contributed by atoms with Crippen LogP contribution in [0.3, 0.4) is 0 Å². The molecule has 0 aromatic heterocycles. The molecule has 1 fully saturated rings. The van der Waals surface area contributed by atoms with E-state index < -0.39 is 0 Å². The minimum Gasteiger partial charge on any atom is -0.376 e. The van der Waals surface area contributed by atoms with Crippen molar-refractivity contribution in [3.8, 4) is 0 Å². The molecule has 3 N–H and O–H groups in total. The van der Waals surface area contributed by atoms with Crippen LogP contribution >= 0.6 is 0 Å². The van der Waals surface area contributed by atoms with Crippen LogP contribution < -0.4 is 11.3 Å². The molecular weight excluding hydrogens is 236 g/mol. The second kappa shape index (κ2) is 7.63. The van der Waals surface area contributed by atoms with Crippen molar-refractivity contribution >= 4 is 0 Å². The summed E-state index contributed by atoms with van der Waals surface area (Å²) in [5.74, 6) is 6.43. The highest BCUT2D eigenvalue weighted by atomic mass is 16.5. The quantitative estimate of drug-likeness (QED) is 0.611. The highest BCUT2D eigenvalue weighted by Gasteiger charge is 2.31. The molecule has 2 rings (SSSR count). The molecule has 1 aromatic rings. The molecule has 0 heterocycles. The third-order valence-corrected chi connectivity index (χ3v) is 4.14. The third kappa shape index (κ3) is 3.78. The molecule has 2 atom stereocenters. The van der Waals surface area contributed by atoms with E-state index in [4.69, 9.17) is 10.6 Å². The van der Waals surface area contributed by atoms with E-state index in [9.17, 15) is 0 Å². The Labute approximate surface area is 116 Å². The molecule has 0 spiro atoms. The van der Waals surface area contributed by atoms with Gasteiger partial charge in [-0.1, -0.05) is 49.6 Å². The van der Waals surface area contributed by atoms with E-state index in [-0.39, 0.29) is 12.1 Å². The minimum atomic E-state index is 0.0873. The summed E-state index contributed by atoms with van der Waals surface area (Å²) in [5.41, 5.74) is 4.19. The number of nitrogens with two attached hydrogens (primary N) is 1. The van der Waals surface area contributed by atoms with Crippen LogP contribution in [0.2, 0.25) is 0 Å². The van der Waals surface area contributed by atoms with Crippen molar-refractivity contribution in [2.24, 2.45) is 11.8 Å². The van der Waals surface area contributed by atoms with Crippen molar-refractivity contribution in [2.75, 3.05) is 6.61 Å². The fraction of sp³-hybridized carbons (Fsp3) is 0.625. The van der Waals surface area contributed by atoms with E-state index in [1.807, 2.05) is 6.07 Å². The summed E-state index contributed by atoms with van der Waals surface area (Å²) < 4.78 is 6.05. The standard InChI is InChI=1S/C16H26N2O/c1-2-19-16(14-11-7-4-8-12-14)15(18-17)13-9-5-3-6-10-13/h3,5-6,9-10,14-16,18H,2,4,7-8,11-12,17H2,1H3. The molecule has 1 aliphatic rings. The van der Waals surface area contributed by atoms with Gasteiger partial charge in [0.05, 0.1) is 12.1 Å². The molecule has 2 unspecified atom stereocenters. The Kier molecular flexibility index (Phi) is 5.83. The molecule has 0 radical (unpaired) electrons. The Hall–Kier alpha value is -0.900. The Bertz CT molecular complexity index is 349. The molecule has 19 heavy (non-hydrogen) atoms. The lowest BCUT2D eigenvalue weighted by Crippen LogP contribution is -2.42. The Balaban J connectivity index is 2.15. The molecule has 1 saturated carbocycles.